The molecule has 0 amide bonds. The van der Waals surface area contributed by atoms with E-state index in [2.05, 4.69) is 11.1 Å². The zero-order chi connectivity index (χ0) is 7.40. The van der Waals surface area contributed by atoms with Crippen LogP contribution in [0.3, 0.4) is 0 Å². The van der Waals surface area contributed by atoms with Gasteiger partial charge in [0.2, 0.25) is 5.84 Å². The molecule has 3 heteroatoms. The molecule has 0 radical (unpaired) electrons. The zero-order valence-corrected chi connectivity index (χ0v) is 6.17. The molecule has 0 aromatic rings. The first-order valence-corrected chi connectivity index (χ1v) is 3.50. The maximum absolute atomic E-state index is 8.56. The number of likely N-dealkylation sites (tertiary alicyclic amines) is 1. The van der Waals surface area contributed by atoms with Crippen molar-refractivity contribution >= 4 is 5.84 Å². The third-order valence-electron chi connectivity index (χ3n) is 1.72. The van der Waals surface area contributed by atoms with Gasteiger partial charge in [-0.05, 0) is 12.8 Å². The molecule has 1 aliphatic rings. The van der Waals surface area contributed by atoms with Crippen molar-refractivity contribution in [2.75, 3.05) is 20.1 Å². The number of aliphatic imine (C=N–C) groups is 1. The van der Waals surface area contributed by atoms with Crippen LogP contribution in [0.1, 0.15) is 20.3 Å². The van der Waals surface area contributed by atoms with Crippen molar-refractivity contribution in [3.8, 4) is 6.07 Å². The van der Waals surface area contributed by atoms with E-state index in [-0.39, 0.29) is 7.43 Å². The number of hydrogen-bond acceptors (Lipinski definition) is 2. The van der Waals surface area contributed by atoms with Crippen molar-refractivity contribution in [3.05, 3.63) is 0 Å². The highest BCUT2D eigenvalue weighted by Crippen LogP contribution is 2.07. The van der Waals surface area contributed by atoms with Crippen LogP contribution in [0, 0.1) is 11.3 Å². The largest absolute Gasteiger partial charge is 0.348 e. The number of amidine groups is 1. The molecule has 62 valence electrons. The molecule has 1 rings (SSSR count). The Kier molecular flexibility index (Phi) is 4.28. The Morgan fingerprint density at radius 2 is 2.00 bits per heavy atom. The molecule has 0 unspecified atom stereocenters. The van der Waals surface area contributed by atoms with Crippen LogP contribution in [-0.2, 0) is 0 Å². The molecule has 0 spiro atoms. The average molecular weight is 153 g/mol. The predicted octanol–water partition coefficient (Wildman–Crippen LogP) is 1.27. The summed E-state index contributed by atoms with van der Waals surface area (Å²) in [4.78, 5) is 5.90. The molecule has 0 N–H and O–H groups in total. The lowest BCUT2D eigenvalue weighted by atomic mass is 10.4. The Morgan fingerprint density at radius 1 is 1.45 bits per heavy atom. The fourth-order valence-corrected chi connectivity index (χ4v) is 1.19. The molecule has 1 saturated heterocycles. The first-order valence-electron chi connectivity index (χ1n) is 3.50. The Bertz CT molecular complexity index is 172. The number of nitriles is 1. The van der Waals surface area contributed by atoms with Crippen LogP contribution >= 0.6 is 0 Å². The highest BCUT2D eigenvalue weighted by atomic mass is 15.2. The van der Waals surface area contributed by atoms with Crippen LogP contribution < -0.4 is 0 Å². The first-order chi connectivity index (χ1) is 4.88. The second-order valence-electron chi connectivity index (χ2n) is 2.35. The number of nitrogens with zero attached hydrogens (tertiary/aromatic N) is 3. The standard InChI is InChI=1S/C7H11N3.CH4/c1-9-7(6-8)10-4-2-3-5-10;/h2-5H2,1H3;1H4. The van der Waals surface area contributed by atoms with Gasteiger partial charge in [0.25, 0.3) is 0 Å². The van der Waals surface area contributed by atoms with Gasteiger partial charge in [-0.1, -0.05) is 7.43 Å². The van der Waals surface area contributed by atoms with Crippen molar-refractivity contribution in [3.63, 3.8) is 0 Å². The molecule has 0 aliphatic carbocycles. The van der Waals surface area contributed by atoms with Gasteiger partial charge in [0, 0.05) is 20.1 Å². The molecular formula is C8H15N3. The summed E-state index contributed by atoms with van der Waals surface area (Å²) in [5.41, 5.74) is 0. The van der Waals surface area contributed by atoms with Crippen LogP contribution in [0.2, 0.25) is 0 Å². The van der Waals surface area contributed by atoms with Gasteiger partial charge >= 0.3 is 0 Å². The van der Waals surface area contributed by atoms with E-state index in [4.69, 9.17) is 5.26 Å². The second-order valence-corrected chi connectivity index (χ2v) is 2.35. The van der Waals surface area contributed by atoms with E-state index in [1.165, 1.54) is 12.8 Å². The molecule has 1 heterocycles. The van der Waals surface area contributed by atoms with Crippen molar-refractivity contribution in [1.82, 2.24) is 4.90 Å². The number of rotatable bonds is 0. The first kappa shape index (κ1) is 9.96. The molecule has 0 aromatic carbocycles. The topological polar surface area (TPSA) is 39.4 Å². The van der Waals surface area contributed by atoms with Crippen molar-refractivity contribution in [1.29, 1.82) is 5.26 Å². The van der Waals surface area contributed by atoms with Crippen molar-refractivity contribution in [2.24, 2.45) is 4.99 Å². The summed E-state index contributed by atoms with van der Waals surface area (Å²) < 4.78 is 0. The minimum atomic E-state index is 0. The molecule has 1 fully saturated rings. The van der Waals surface area contributed by atoms with Crippen molar-refractivity contribution < 1.29 is 0 Å². The van der Waals surface area contributed by atoms with Gasteiger partial charge in [-0.25, -0.2) is 0 Å². The second kappa shape index (κ2) is 4.73. The van der Waals surface area contributed by atoms with Gasteiger partial charge in [-0.2, -0.15) is 5.26 Å². The van der Waals surface area contributed by atoms with E-state index in [1.54, 1.807) is 7.05 Å². The summed E-state index contributed by atoms with van der Waals surface area (Å²) >= 11 is 0. The van der Waals surface area contributed by atoms with Crippen LogP contribution in [0.25, 0.3) is 0 Å². The van der Waals surface area contributed by atoms with Gasteiger partial charge in [-0.3, -0.25) is 4.99 Å². The van der Waals surface area contributed by atoms with E-state index in [0.717, 1.165) is 13.1 Å². The fourth-order valence-electron chi connectivity index (χ4n) is 1.19. The molecule has 0 aromatic heterocycles. The quantitative estimate of drug-likeness (QED) is 0.388. The van der Waals surface area contributed by atoms with E-state index in [1.807, 2.05) is 4.90 Å². The maximum atomic E-state index is 8.56. The van der Waals surface area contributed by atoms with Crippen LogP contribution in [-0.4, -0.2) is 30.9 Å². The van der Waals surface area contributed by atoms with Gasteiger partial charge in [0.05, 0.1) is 0 Å². The van der Waals surface area contributed by atoms with Gasteiger partial charge < -0.3 is 4.90 Å². The molecule has 0 saturated carbocycles. The summed E-state index contributed by atoms with van der Waals surface area (Å²) in [6.45, 7) is 2.00. The summed E-state index contributed by atoms with van der Waals surface area (Å²) in [5, 5.41) is 8.56. The molecule has 3 nitrogen and oxygen atoms in total. The smallest absolute Gasteiger partial charge is 0.203 e. The predicted molar refractivity (Wildman–Crippen MR) is 46.5 cm³/mol. The Balaban J connectivity index is 0.000001000. The third kappa shape index (κ3) is 2.23. The highest BCUT2D eigenvalue weighted by Gasteiger charge is 2.14. The van der Waals surface area contributed by atoms with E-state index in [0.29, 0.717) is 5.84 Å². The minimum Gasteiger partial charge on any atom is -0.348 e. The number of hydrogen-bond donors (Lipinski definition) is 0. The molecule has 0 bridgehead atoms. The monoisotopic (exact) mass is 153 g/mol. The van der Waals surface area contributed by atoms with E-state index >= 15 is 0 Å². The van der Waals surface area contributed by atoms with Crippen LogP contribution in [0.4, 0.5) is 0 Å². The van der Waals surface area contributed by atoms with Crippen LogP contribution in [0.5, 0.6) is 0 Å². The lowest BCUT2D eigenvalue weighted by Crippen LogP contribution is -2.26. The lowest BCUT2D eigenvalue weighted by Gasteiger charge is -2.12. The molecule has 11 heavy (non-hydrogen) atoms. The normalized spacial score (nSPS) is 17.5. The zero-order valence-electron chi connectivity index (χ0n) is 6.17. The summed E-state index contributed by atoms with van der Waals surface area (Å²) in [6.07, 6.45) is 2.39. The minimum absolute atomic E-state index is 0. The Labute approximate surface area is 68.3 Å². The van der Waals surface area contributed by atoms with Crippen molar-refractivity contribution in [2.45, 2.75) is 20.3 Å². The van der Waals surface area contributed by atoms with E-state index < -0.39 is 0 Å². The lowest BCUT2D eigenvalue weighted by molar-refractivity contribution is 0.523. The average Bonchev–Trinajstić information content (AvgIpc) is 2.43. The van der Waals surface area contributed by atoms with Crippen LogP contribution in [0.15, 0.2) is 4.99 Å². The third-order valence-corrected chi connectivity index (χ3v) is 1.72. The van der Waals surface area contributed by atoms with E-state index in [9.17, 15) is 0 Å². The molecular weight excluding hydrogens is 138 g/mol. The molecule has 1 aliphatic heterocycles. The summed E-state index contributed by atoms with van der Waals surface area (Å²) in [6, 6.07) is 2.07. The molecule has 0 atom stereocenters. The highest BCUT2D eigenvalue weighted by molar-refractivity contribution is 5.96. The Morgan fingerprint density at radius 3 is 2.36 bits per heavy atom. The van der Waals surface area contributed by atoms with Gasteiger partial charge in [-0.15, -0.1) is 0 Å². The van der Waals surface area contributed by atoms with Gasteiger partial charge in [0.15, 0.2) is 0 Å². The SMILES string of the molecule is C.CN=C(C#N)N1CCCC1. The Hall–Kier alpha value is -1.04. The van der Waals surface area contributed by atoms with Gasteiger partial charge in [0.1, 0.15) is 6.07 Å². The summed E-state index contributed by atoms with van der Waals surface area (Å²) in [7, 11) is 1.66. The maximum Gasteiger partial charge on any atom is 0.203 e. The fraction of sp³-hybridized carbons (Fsp3) is 0.750. The summed E-state index contributed by atoms with van der Waals surface area (Å²) in [5.74, 6) is 0.581.